The van der Waals surface area contributed by atoms with Crippen molar-refractivity contribution in [3.8, 4) is 0 Å². The zero-order chi connectivity index (χ0) is 14.0. The van der Waals surface area contributed by atoms with E-state index in [0.29, 0.717) is 5.90 Å². The maximum Gasteiger partial charge on any atom is 0.322 e. The van der Waals surface area contributed by atoms with Gasteiger partial charge in [0.2, 0.25) is 5.90 Å². The molecule has 3 saturated heterocycles. The smallest absolute Gasteiger partial charge is 0.322 e. The number of esters is 1. The molecule has 0 N–H and O–H groups in total. The van der Waals surface area contributed by atoms with E-state index in [2.05, 4.69) is 9.98 Å². The van der Waals surface area contributed by atoms with Gasteiger partial charge in [0, 0.05) is 12.4 Å². The Balaban J connectivity index is 1.84. The fourth-order valence-corrected chi connectivity index (χ4v) is 3.83. The molecule has 5 heteroatoms. The largest absolute Gasteiger partial charge is 0.410 e. The predicted molar refractivity (Wildman–Crippen MR) is 71.5 cm³/mol. The maximum atomic E-state index is 12.4. The first-order valence-electron chi connectivity index (χ1n) is 6.94. The van der Waals surface area contributed by atoms with Crippen LogP contribution in [0.2, 0.25) is 0 Å². The summed E-state index contributed by atoms with van der Waals surface area (Å²) in [5.74, 6) is 0.281. The van der Waals surface area contributed by atoms with Gasteiger partial charge >= 0.3 is 5.97 Å². The van der Waals surface area contributed by atoms with Crippen LogP contribution in [-0.2, 0) is 14.3 Å². The zero-order valence-electron chi connectivity index (χ0n) is 11.5. The van der Waals surface area contributed by atoms with Crippen molar-refractivity contribution in [2.45, 2.75) is 38.9 Å². The number of hydrogen-bond acceptors (Lipinski definition) is 5. The van der Waals surface area contributed by atoms with Crippen LogP contribution in [0.5, 0.6) is 0 Å². The van der Waals surface area contributed by atoms with Gasteiger partial charge in [0.05, 0.1) is 23.3 Å². The summed E-state index contributed by atoms with van der Waals surface area (Å²) >= 11 is 0. The predicted octanol–water partition coefficient (Wildman–Crippen LogP) is 2.24. The van der Waals surface area contributed by atoms with Crippen molar-refractivity contribution < 1.29 is 14.3 Å². The zero-order valence-corrected chi connectivity index (χ0v) is 11.5. The second kappa shape index (κ2) is 3.67. The van der Waals surface area contributed by atoms with Crippen molar-refractivity contribution in [3.63, 3.8) is 0 Å². The summed E-state index contributed by atoms with van der Waals surface area (Å²) < 4.78 is 11.5. The van der Waals surface area contributed by atoms with Crippen LogP contribution >= 0.6 is 0 Å². The Kier molecular flexibility index (Phi) is 2.20. The molecule has 0 amide bonds. The topological polar surface area (TPSA) is 60.8 Å². The number of aliphatic imine (C=N–C) groups is 1. The Morgan fingerprint density at radius 1 is 1.20 bits per heavy atom. The van der Waals surface area contributed by atoms with E-state index in [1.807, 2.05) is 13.8 Å². The van der Waals surface area contributed by atoms with Crippen LogP contribution < -0.4 is 0 Å². The molecule has 0 spiro atoms. The number of carbonyl (C=O) groups is 1. The van der Waals surface area contributed by atoms with Gasteiger partial charge in [-0.3, -0.25) is 9.78 Å². The van der Waals surface area contributed by atoms with E-state index in [-0.39, 0.29) is 18.2 Å². The molecule has 0 saturated carbocycles. The SMILES string of the molecule is C[C@@]12C(=Nc3ccncc3)OC(=O)[C@]1(C)[C@H]1CC[C@@H]2O1. The first-order valence-corrected chi connectivity index (χ1v) is 6.94. The molecule has 3 aliphatic rings. The van der Waals surface area contributed by atoms with Gasteiger partial charge in [-0.05, 0) is 38.8 Å². The molecular weight excluding hydrogens is 256 g/mol. The molecule has 1 aromatic heterocycles. The summed E-state index contributed by atoms with van der Waals surface area (Å²) in [6.07, 6.45) is 5.21. The Morgan fingerprint density at radius 2 is 1.85 bits per heavy atom. The van der Waals surface area contributed by atoms with Crippen LogP contribution in [0, 0.1) is 10.8 Å². The number of nitrogens with zero attached hydrogens (tertiary/aromatic N) is 2. The highest BCUT2D eigenvalue weighted by Gasteiger charge is 2.75. The summed E-state index contributed by atoms with van der Waals surface area (Å²) in [7, 11) is 0. The molecule has 4 atom stereocenters. The van der Waals surface area contributed by atoms with Gasteiger partial charge in [-0.25, -0.2) is 4.99 Å². The van der Waals surface area contributed by atoms with Crippen LogP contribution in [0.25, 0.3) is 0 Å². The maximum absolute atomic E-state index is 12.4. The average Bonchev–Trinajstić information content (AvgIpc) is 3.07. The van der Waals surface area contributed by atoms with Crippen molar-refractivity contribution in [1.29, 1.82) is 0 Å². The number of ether oxygens (including phenoxy) is 2. The van der Waals surface area contributed by atoms with Crippen LogP contribution in [0.15, 0.2) is 29.5 Å². The highest BCUT2D eigenvalue weighted by atomic mass is 16.6. The van der Waals surface area contributed by atoms with Crippen LogP contribution in [0.4, 0.5) is 5.69 Å². The number of rotatable bonds is 1. The summed E-state index contributed by atoms with van der Waals surface area (Å²) in [5, 5.41) is 0. The van der Waals surface area contributed by atoms with Crippen molar-refractivity contribution in [3.05, 3.63) is 24.5 Å². The van der Waals surface area contributed by atoms with Gasteiger partial charge in [0.25, 0.3) is 0 Å². The molecule has 5 nitrogen and oxygen atoms in total. The van der Waals surface area contributed by atoms with Gasteiger partial charge in [-0.15, -0.1) is 0 Å². The Labute approximate surface area is 117 Å². The lowest BCUT2D eigenvalue weighted by Gasteiger charge is -2.36. The van der Waals surface area contributed by atoms with E-state index >= 15 is 0 Å². The van der Waals surface area contributed by atoms with Crippen molar-refractivity contribution in [1.82, 2.24) is 4.98 Å². The minimum absolute atomic E-state index is 0.0181. The molecule has 1 aromatic rings. The molecule has 4 heterocycles. The molecule has 4 rings (SSSR count). The molecule has 0 aliphatic carbocycles. The second-order valence-electron chi connectivity index (χ2n) is 6.11. The summed E-state index contributed by atoms with van der Waals surface area (Å²) in [5.41, 5.74) is -0.325. The van der Waals surface area contributed by atoms with E-state index in [0.717, 1.165) is 18.5 Å². The molecule has 0 unspecified atom stereocenters. The third-order valence-electron chi connectivity index (χ3n) is 5.34. The molecule has 104 valence electrons. The molecule has 20 heavy (non-hydrogen) atoms. The van der Waals surface area contributed by atoms with E-state index in [4.69, 9.17) is 9.47 Å². The fourth-order valence-electron chi connectivity index (χ4n) is 3.83. The first kappa shape index (κ1) is 12.0. The lowest BCUT2D eigenvalue weighted by Crippen LogP contribution is -2.48. The number of fused-ring (bicyclic) bond motifs is 5. The minimum atomic E-state index is -0.609. The van der Waals surface area contributed by atoms with Gasteiger partial charge in [-0.1, -0.05) is 0 Å². The van der Waals surface area contributed by atoms with E-state index in [1.54, 1.807) is 24.5 Å². The monoisotopic (exact) mass is 272 g/mol. The number of cyclic esters (lactones) is 1. The molecule has 2 bridgehead atoms. The molecule has 0 radical (unpaired) electrons. The lowest BCUT2D eigenvalue weighted by molar-refractivity contribution is -0.146. The van der Waals surface area contributed by atoms with Crippen LogP contribution in [0.3, 0.4) is 0 Å². The third-order valence-corrected chi connectivity index (χ3v) is 5.34. The van der Waals surface area contributed by atoms with Crippen molar-refractivity contribution in [2.75, 3.05) is 0 Å². The number of aromatic nitrogens is 1. The summed E-state index contributed by atoms with van der Waals surface area (Å²) in [6, 6.07) is 3.60. The van der Waals surface area contributed by atoms with Gasteiger partial charge < -0.3 is 9.47 Å². The normalized spacial score (nSPS) is 43.9. The van der Waals surface area contributed by atoms with E-state index < -0.39 is 10.8 Å². The highest BCUT2D eigenvalue weighted by Crippen LogP contribution is 2.64. The quantitative estimate of drug-likeness (QED) is 0.736. The second-order valence-corrected chi connectivity index (χ2v) is 6.11. The molecule has 3 aliphatic heterocycles. The van der Waals surface area contributed by atoms with Gasteiger partial charge in [-0.2, -0.15) is 0 Å². The van der Waals surface area contributed by atoms with E-state index in [1.165, 1.54) is 0 Å². The Morgan fingerprint density at radius 3 is 2.55 bits per heavy atom. The summed E-state index contributed by atoms with van der Waals surface area (Å²) in [4.78, 5) is 20.9. The average molecular weight is 272 g/mol. The van der Waals surface area contributed by atoms with E-state index in [9.17, 15) is 4.79 Å². The van der Waals surface area contributed by atoms with Crippen LogP contribution in [-0.4, -0.2) is 29.1 Å². The lowest BCUT2D eigenvalue weighted by atomic mass is 9.59. The third kappa shape index (κ3) is 1.19. The van der Waals surface area contributed by atoms with Gasteiger partial charge in [0.15, 0.2) is 0 Å². The molecular formula is C15H16N2O3. The number of pyridine rings is 1. The summed E-state index contributed by atoms with van der Waals surface area (Å²) in [6.45, 7) is 4.00. The highest BCUT2D eigenvalue weighted by molar-refractivity contribution is 6.06. The number of hydrogen-bond donors (Lipinski definition) is 0. The fraction of sp³-hybridized carbons (Fsp3) is 0.533. The minimum Gasteiger partial charge on any atom is -0.410 e. The van der Waals surface area contributed by atoms with Crippen molar-refractivity contribution >= 4 is 17.6 Å². The molecule has 0 aromatic carbocycles. The van der Waals surface area contributed by atoms with Crippen molar-refractivity contribution in [2.24, 2.45) is 15.8 Å². The number of carbonyl (C=O) groups excluding carboxylic acids is 1. The Hall–Kier alpha value is -1.75. The van der Waals surface area contributed by atoms with Crippen LogP contribution in [0.1, 0.15) is 26.7 Å². The standard InChI is InChI=1S/C15H16N2O3/c1-14-10-3-4-11(19-10)15(14,2)13(18)20-12(14)17-9-5-7-16-8-6-9/h5-8,10-11H,3-4H2,1-2H3/t10-,11+,14+,15-/m0/s1. The molecule has 3 fully saturated rings. The first-order chi connectivity index (χ1) is 9.56. The van der Waals surface area contributed by atoms with Gasteiger partial charge in [0.1, 0.15) is 5.41 Å². The Bertz CT molecular complexity index is 615.